The van der Waals surface area contributed by atoms with E-state index in [0.29, 0.717) is 0 Å². The minimum atomic E-state index is -0.871. The molecular weight excluding hydrogens is 338 g/mol. The second kappa shape index (κ2) is 4.92. The SMILES string of the molecule is O=C(O)C[n+]1c2ccccc2n2nc3c(cc21)c1cccc2cccc3c21. The summed E-state index contributed by atoms with van der Waals surface area (Å²) in [5.74, 6) is -0.871. The number of aliphatic carboxylic acids is 1. The molecule has 1 N–H and O–H groups in total. The summed E-state index contributed by atoms with van der Waals surface area (Å²) in [4.78, 5) is 11.5. The zero-order valence-corrected chi connectivity index (χ0v) is 14.3. The first-order valence-electron chi connectivity index (χ1n) is 8.81. The van der Waals surface area contributed by atoms with Crippen molar-refractivity contribution in [2.24, 2.45) is 0 Å². The summed E-state index contributed by atoms with van der Waals surface area (Å²) in [6.45, 7) is -0.103. The van der Waals surface area contributed by atoms with Gasteiger partial charge in [-0.3, -0.25) is 0 Å². The second-order valence-corrected chi connectivity index (χ2v) is 6.85. The largest absolute Gasteiger partial charge is 0.478 e. The summed E-state index contributed by atoms with van der Waals surface area (Å²) >= 11 is 0. The van der Waals surface area contributed by atoms with E-state index in [1.54, 1.807) is 0 Å². The molecule has 0 aliphatic heterocycles. The third-order valence-corrected chi connectivity index (χ3v) is 5.37. The zero-order valence-electron chi connectivity index (χ0n) is 14.3. The van der Waals surface area contributed by atoms with Crippen LogP contribution in [-0.4, -0.2) is 20.7 Å². The van der Waals surface area contributed by atoms with Gasteiger partial charge in [0.1, 0.15) is 5.52 Å². The first kappa shape index (κ1) is 14.4. The molecule has 5 heteroatoms. The highest BCUT2D eigenvalue weighted by Gasteiger charge is 2.24. The van der Waals surface area contributed by atoms with Gasteiger partial charge in [-0.25, -0.2) is 9.36 Å². The summed E-state index contributed by atoms with van der Waals surface area (Å²) in [6.07, 6.45) is 0. The number of hydrogen-bond donors (Lipinski definition) is 1. The fourth-order valence-electron chi connectivity index (χ4n) is 4.30. The molecular formula is C22H14N3O2+. The van der Waals surface area contributed by atoms with Crippen LogP contribution in [0.1, 0.15) is 0 Å². The number of rotatable bonds is 2. The normalized spacial score (nSPS) is 12.1. The lowest BCUT2D eigenvalue weighted by Gasteiger charge is -1.96. The van der Waals surface area contributed by atoms with E-state index in [0.717, 1.165) is 38.4 Å². The van der Waals surface area contributed by atoms with Crippen LogP contribution in [0.4, 0.5) is 0 Å². The van der Waals surface area contributed by atoms with Crippen molar-refractivity contribution < 1.29 is 14.5 Å². The van der Waals surface area contributed by atoms with E-state index in [-0.39, 0.29) is 6.54 Å². The van der Waals surface area contributed by atoms with Gasteiger partial charge in [-0.1, -0.05) is 58.1 Å². The van der Waals surface area contributed by atoms with E-state index in [9.17, 15) is 9.90 Å². The van der Waals surface area contributed by atoms with Crippen LogP contribution in [0.3, 0.4) is 0 Å². The lowest BCUT2D eigenvalue weighted by molar-refractivity contribution is -0.634. The van der Waals surface area contributed by atoms with Gasteiger partial charge in [-0.05, 0) is 28.3 Å². The molecule has 5 nitrogen and oxygen atoms in total. The maximum Gasteiger partial charge on any atom is 0.346 e. The summed E-state index contributed by atoms with van der Waals surface area (Å²) in [7, 11) is 0. The molecule has 0 radical (unpaired) electrons. The standard InChI is InChI=1S/C22H13N3O2/c26-20(27)12-24-17-9-1-2-10-18(17)25-19(24)11-16-14-7-3-5-13-6-4-8-15(21(13)14)22(16)23-25/h1-11H,12H2/p+1. The van der Waals surface area contributed by atoms with E-state index >= 15 is 0 Å². The Morgan fingerprint density at radius 3 is 2.56 bits per heavy atom. The smallest absolute Gasteiger partial charge is 0.346 e. The topological polar surface area (TPSA) is 58.5 Å². The average Bonchev–Trinajstić information content (AvgIpc) is 3.16. The number of imidazole rings is 1. The molecule has 2 heterocycles. The number of nitrogens with zero attached hydrogens (tertiary/aromatic N) is 3. The molecule has 0 saturated carbocycles. The van der Waals surface area contributed by atoms with Crippen LogP contribution in [0.25, 0.3) is 49.1 Å². The molecule has 6 aromatic rings. The van der Waals surface area contributed by atoms with Crippen molar-refractivity contribution in [3.63, 3.8) is 0 Å². The molecule has 27 heavy (non-hydrogen) atoms. The average molecular weight is 352 g/mol. The Morgan fingerprint density at radius 2 is 1.74 bits per heavy atom. The highest BCUT2D eigenvalue weighted by atomic mass is 16.4. The predicted octanol–water partition coefficient (Wildman–Crippen LogP) is 3.76. The molecule has 2 aromatic heterocycles. The summed E-state index contributed by atoms with van der Waals surface area (Å²) in [6, 6.07) is 22.4. The van der Waals surface area contributed by atoms with Crippen molar-refractivity contribution in [2.75, 3.05) is 0 Å². The van der Waals surface area contributed by atoms with E-state index < -0.39 is 5.97 Å². The Balaban J connectivity index is 1.88. The fraction of sp³-hybridized carbons (Fsp3) is 0.0455. The molecule has 0 bridgehead atoms. The van der Waals surface area contributed by atoms with Crippen molar-refractivity contribution >= 4 is 55.1 Å². The van der Waals surface area contributed by atoms with E-state index in [1.165, 1.54) is 10.8 Å². The number of benzene rings is 3. The van der Waals surface area contributed by atoms with Gasteiger partial charge in [0, 0.05) is 16.8 Å². The van der Waals surface area contributed by atoms with E-state index in [2.05, 4.69) is 42.5 Å². The maximum atomic E-state index is 11.5. The van der Waals surface area contributed by atoms with Crippen molar-refractivity contribution in [3.8, 4) is 0 Å². The van der Waals surface area contributed by atoms with Crippen molar-refractivity contribution in [3.05, 3.63) is 66.7 Å². The second-order valence-electron chi connectivity index (χ2n) is 6.85. The molecule has 0 spiro atoms. The molecule has 0 fully saturated rings. The van der Waals surface area contributed by atoms with Gasteiger partial charge in [-0.15, -0.1) is 0 Å². The summed E-state index contributed by atoms with van der Waals surface area (Å²) < 4.78 is 3.68. The Morgan fingerprint density at radius 1 is 0.963 bits per heavy atom. The fourth-order valence-corrected chi connectivity index (χ4v) is 4.30. The van der Waals surface area contributed by atoms with Crippen molar-refractivity contribution in [1.29, 1.82) is 0 Å². The monoisotopic (exact) mass is 352 g/mol. The van der Waals surface area contributed by atoms with Gasteiger partial charge >= 0.3 is 11.6 Å². The number of fused-ring (bicyclic) bond motifs is 6. The lowest BCUT2D eigenvalue weighted by atomic mass is 10.1. The van der Waals surface area contributed by atoms with Crippen LogP contribution in [0.5, 0.6) is 0 Å². The highest BCUT2D eigenvalue weighted by molar-refractivity contribution is 6.29. The Labute approximate surface area is 153 Å². The number of carbonyl (C=O) groups is 1. The van der Waals surface area contributed by atoms with Crippen molar-refractivity contribution in [2.45, 2.75) is 6.54 Å². The van der Waals surface area contributed by atoms with Gasteiger partial charge < -0.3 is 5.11 Å². The van der Waals surface area contributed by atoms with Crippen LogP contribution >= 0.6 is 0 Å². The van der Waals surface area contributed by atoms with Gasteiger partial charge in [-0.2, -0.15) is 0 Å². The lowest BCUT2D eigenvalue weighted by Crippen LogP contribution is -2.37. The molecule has 0 amide bonds. The van der Waals surface area contributed by atoms with E-state index in [1.807, 2.05) is 33.3 Å². The molecule has 0 atom stereocenters. The Bertz CT molecular complexity index is 1530. The molecule has 0 aliphatic rings. The molecule has 6 rings (SSSR count). The van der Waals surface area contributed by atoms with Gasteiger partial charge in [0.15, 0.2) is 12.1 Å². The molecule has 4 aromatic carbocycles. The third-order valence-electron chi connectivity index (χ3n) is 5.37. The predicted molar refractivity (Wildman–Crippen MR) is 104 cm³/mol. The van der Waals surface area contributed by atoms with Gasteiger partial charge in [0.25, 0.3) is 0 Å². The van der Waals surface area contributed by atoms with E-state index in [4.69, 9.17) is 5.10 Å². The first-order chi connectivity index (χ1) is 13.2. The molecule has 0 aliphatic carbocycles. The van der Waals surface area contributed by atoms with Crippen LogP contribution in [-0.2, 0) is 11.3 Å². The number of aromatic nitrogens is 3. The molecule has 0 saturated heterocycles. The Kier molecular flexibility index (Phi) is 2.63. The number of carboxylic acids is 1. The van der Waals surface area contributed by atoms with Crippen LogP contribution in [0.2, 0.25) is 0 Å². The van der Waals surface area contributed by atoms with Crippen LogP contribution in [0.15, 0.2) is 66.7 Å². The maximum absolute atomic E-state index is 11.5. The number of hydrogen-bond acceptors (Lipinski definition) is 2. The minimum Gasteiger partial charge on any atom is -0.478 e. The quantitative estimate of drug-likeness (QED) is 0.483. The zero-order chi connectivity index (χ0) is 18.1. The van der Waals surface area contributed by atoms with Crippen LogP contribution < -0.4 is 4.57 Å². The first-order valence-corrected chi connectivity index (χ1v) is 8.81. The van der Waals surface area contributed by atoms with Crippen molar-refractivity contribution in [1.82, 2.24) is 9.61 Å². The number of para-hydroxylation sites is 2. The molecule has 0 unspecified atom stereocenters. The van der Waals surface area contributed by atoms with Crippen LogP contribution in [0, 0.1) is 0 Å². The number of carboxylic acid groups (broad SMARTS) is 1. The minimum absolute atomic E-state index is 0.103. The highest BCUT2D eigenvalue weighted by Crippen LogP contribution is 2.37. The summed E-state index contributed by atoms with van der Waals surface area (Å²) in [5.41, 5.74) is 3.49. The van der Waals surface area contributed by atoms with Gasteiger partial charge in [0.05, 0.1) is 0 Å². The van der Waals surface area contributed by atoms with Gasteiger partial charge in [0.2, 0.25) is 5.52 Å². The molecule has 128 valence electrons. The Hall–Kier alpha value is -3.73. The third kappa shape index (κ3) is 1.80. The summed E-state index contributed by atoms with van der Waals surface area (Å²) in [5, 5.41) is 20.1.